The van der Waals surface area contributed by atoms with Gasteiger partial charge in [0.1, 0.15) is 0 Å². The lowest BCUT2D eigenvalue weighted by Crippen LogP contribution is -2.47. The van der Waals surface area contributed by atoms with Crippen molar-refractivity contribution in [2.24, 2.45) is 5.41 Å². The molecule has 8 heteroatoms. The van der Waals surface area contributed by atoms with Gasteiger partial charge in [-0.1, -0.05) is 0 Å². The third-order valence-electron chi connectivity index (χ3n) is 5.24. The van der Waals surface area contributed by atoms with E-state index in [0.29, 0.717) is 18.7 Å². The van der Waals surface area contributed by atoms with Crippen LogP contribution in [0.15, 0.2) is 24.3 Å². The number of amides is 1. The molecule has 0 unspecified atom stereocenters. The molecular formula is C19H31Cl2N3O3. The summed E-state index contributed by atoms with van der Waals surface area (Å²) in [6.07, 6.45) is 2.05. The molecule has 0 atom stereocenters. The van der Waals surface area contributed by atoms with Gasteiger partial charge >= 0.3 is 0 Å². The molecule has 27 heavy (non-hydrogen) atoms. The summed E-state index contributed by atoms with van der Waals surface area (Å²) in [6, 6.07) is 7.86. The predicted molar refractivity (Wildman–Crippen MR) is 113 cm³/mol. The summed E-state index contributed by atoms with van der Waals surface area (Å²) in [7, 11) is 1.73. The molecule has 2 aliphatic heterocycles. The fourth-order valence-electron chi connectivity index (χ4n) is 3.65. The molecule has 0 saturated carbocycles. The molecule has 0 aromatic heterocycles. The van der Waals surface area contributed by atoms with Crippen LogP contribution in [-0.4, -0.2) is 65.6 Å². The molecule has 2 heterocycles. The van der Waals surface area contributed by atoms with Gasteiger partial charge in [-0.25, -0.2) is 0 Å². The minimum atomic E-state index is -0.0115. The van der Waals surface area contributed by atoms with Gasteiger partial charge in [-0.15, -0.1) is 24.8 Å². The number of hydrogen-bond donors (Lipinski definition) is 2. The number of ether oxygens (including phenoxy) is 2. The van der Waals surface area contributed by atoms with Gasteiger partial charge in [-0.3, -0.25) is 4.79 Å². The second kappa shape index (κ2) is 11.7. The molecule has 2 aliphatic rings. The number of carbonyl (C=O) groups is 1. The molecule has 6 nitrogen and oxygen atoms in total. The molecule has 0 aliphatic carbocycles. The van der Waals surface area contributed by atoms with Gasteiger partial charge in [0.25, 0.3) is 5.91 Å². The average Bonchev–Trinajstić information content (AvgIpc) is 2.68. The SMILES string of the molecule is COCC1(CNC(=O)c2ccc(N3CCOCC3)cc2)CCNCC1.Cl.Cl. The van der Waals surface area contributed by atoms with Crippen molar-refractivity contribution >= 4 is 36.4 Å². The average molecular weight is 420 g/mol. The zero-order valence-corrected chi connectivity index (χ0v) is 17.5. The summed E-state index contributed by atoms with van der Waals surface area (Å²) in [6.45, 7) is 6.63. The number of benzene rings is 1. The molecule has 1 amide bonds. The smallest absolute Gasteiger partial charge is 0.251 e. The number of anilines is 1. The zero-order chi connectivity index (χ0) is 17.5. The summed E-state index contributed by atoms with van der Waals surface area (Å²) in [5, 5.41) is 6.49. The lowest BCUT2D eigenvalue weighted by molar-refractivity contribution is 0.0512. The Labute approximate surface area is 174 Å². The van der Waals surface area contributed by atoms with Crippen LogP contribution in [0.5, 0.6) is 0 Å². The Morgan fingerprint density at radius 2 is 1.81 bits per heavy atom. The number of hydrogen-bond acceptors (Lipinski definition) is 5. The molecule has 2 fully saturated rings. The molecule has 3 rings (SSSR count). The number of rotatable bonds is 6. The maximum Gasteiger partial charge on any atom is 0.251 e. The highest BCUT2D eigenvalue weighted by molar-refractivity contribution is 5.94. The highest BCUT2D eigenvalue weighted by atomic mass is 35.5. The highest BCUT2D eigenvalue weighted by Gasteiger charge is 2.32. The van der Waals surface area contributed by atoms with Crippen molar-refractivity contribution in [2.45, 2.75) is 12.8 Å². The second-order valence-corrected chi connectivity index (χ2v) is 7.01. The van der Waals surface area contributed by atoms with Gasteiger partial charge < -0.3 is 25.0 Å². The third-order valence-corrected chi connectivity index (χ3v) is 5.24. The molecule has 1 aromatic rings. The van der Waals surface area contributed by atoms with Gasteiger partial charge in [0.2, 0.25) is 0 Å². The van der Waals surface area contributed by atoms with Crippen LogP contribution in [0.1, 0.15) is 23.2 Å². The monoisotopic (exact) mass is 419 g/mol. The molecule has 1 aromatic carbocycles. The highest BCUT2D eigenvalue weighted by Crippen LogP contribution is 2.28. The van der Waals surface area contributed by atoms with E-state index in [1.165, 1.54) is 0 Å². The molecule has 0 radical (unpaired) electrons. The summed E-state index contributed by atoms with van der Waals surface area (Å²) >= 11 is 0. The van der Waals surface area contributed by atoms with Gasteiger partial charge in [-0.05, 0) is 50.2 Å². The number of nitrogens with zero attached hydrogens (tertiary/aromatic N) is 1. The second-order valence-electron chi connectivity index (χ2n) is 7.01. The van der Waals surface area contributed by atoms with Gasteiger partial charge in [0.15, 0.2) is 0 Å². The van der Waals surface area contributed by atoms with Crippen molar-refractivity contribution in [3.8, 4) is 0 Å². The Kier molecular flexibility index (Phi) is 10.4. The largest absolute Gasteiger partial charge is 0.384 e. The van der Waals surface area contributed by atoms with Crippen molar-refractivity contribution < 1.29 is 14.3 Å². The fourth-order valence-corrected chi connectivity index (χ4v) is 3.65. The Morgan fingerprint density at radius 1 is 1.19 bits per heavy atom. The standard InChI is InChI=1S/C19H29N3O3.2ClH/c1-24-15-19(6-8-20-9-7-19)14-21-18(23)16-2-4-17(5-3-16)22-10-12-25-13-11-22;;/h2-5,20H,6-15H2,1H3,(H,21,23);2*1H. The van der Waals surface area contributed by atoms with Crippen LogP contribution in [0.4, 0.5) is 5.69 Å². The quantitative estimate of drug-likeness (QED) is 0.738. The lowest BCUT2D eigenvalue weighted by Gasteiger charge is -2.37. The summed E-state index contributed by atoms with van der Waals surface area (Å²) in [5.74, 6) is -0.0115. The van der Waals surface area contributed by atoms with Crippen molar-refractivity contribution in [3.63, 3.8) is 0 Å². The number of piperidine rings is 1. The maximum absolute atomic E-state index is 12.5. The topological polar surface area (TPSA) is 62.8 Å². The van der Waals surface area contributed by atoms with Crippen LogP contribution in [0, 0.1) is 5.41 Å². The summed E-state index contributed by atoms with van der Waals surface area (Å²) < 4.78 is 10.8. The normalized spacial score (nSPS) is 18.8. The first-order valence-corrected chi connectivity index (χ1v) is 9.13. The van der Waals surface area contributed by atoms with Crippen molar-refractivity contribution in [1.82, 2.24) is 10.6 Å². The summed E-state index contributed by atoms with van der Waals surface area (Å²) in [4.78, 5) is 14.8. The fraction of sp³-hybridized carbons (Fsp3) is 0.632. The Balaban J connectivity index is 0.00000182. The Morgan fingerprint density at radius 3 is 2.41 bits per heavy atom. The molecular weight excluding hydrogens is 389 g/mol. The molecule has 2 saturated heterocycles. The zero-order valence-electron chi connectivity index (χ0n) is 15.9. The first-order valence-electron chi connectivity index (χ1n) is 9.13. The van der Waals surface area contributed by atoms with Crippen LogP contribution in [0.2, 0.25) is 0 Å². The number of carbonyl (C=O) groups excluding carboxylic acids is 1. The van der Waals surface area contributed by atoms with Crippen LogP contribution in [-0.2, 0) is 9.47 Å². The van der Waals surface area contributed by atoms with Gasteiger partial charge in [-0.2, -0.15) is 0 Å². The van der Waals surface area contributed by atoms with Crippen LogP contribution >= 0.6 is 24.8 Å². The molecule has 2 N–H and O–H groups in total. The van der Waals surface area contributed by atoms with Crippen LogP contribution in [0.3, 0.4) is 0 Å². The lowest BCUT2D eigenvalue weighted by atomic mass is 9.79. The minimum absolute atomic E-state index is 0. The van der Waals surface area contributed by atoms with Crippen molar-refractivity contribution in [3.05, 3.63) is 29.8 Å². The third kappa shape index (κ3) is 6.50. The maximum atomic E-state index is 12.5. The van der Waals surface area contributed by atoms with E-state index in [-0.39, 0.29) is 36.1 Å². The number of halogens is 2. The van der Waals surface area contributed by atoms with Gasteiger partial charge in [0, 0.05) is 43.4 Å². The van der Waals surface area contributed by atoms with E-state index < -0.39 is 0 Å². The van der Waals surface area contributed by atoms with E-state index in [4.69, 9.17) is 9.47 Å². The van der Waals surface area contributed by atoms with E-state index >= 15 is 0 Å². The number of nitrogens with one attached hydrogen (secondary N) is 2. The number of morpholine rings is 1. The number of methoxy groups -OCH3 is 1. The van der Waals surface area contributed by atoms with E-state index in [9.17, 15) is 4.79 Å². The molecule has 0 spiro atoms. The Hall–Kier alpha value is -1.05. The Bertz CT molecular complexity index is 554. The van der Waals surface area contributed by atoms with E-state index in [0.717, 1.165) is 57.9 Å². The van der Waals surface area contributed by atoms with Gasteiger partial charge in [0.05, 0.1) is 19.8 Å². The first-order chi connectivity index (χ1) is 12.2. The van der Waals surface area contributed by atoms with E-state index in [1.807, 2.05) is 24.3 Å². The van der Waals surface area contributed by atoms with Crippen LogP contribution in [0.25, 0.3) is 0 Å². The van der Waals surface area contributed by atoms with Crippen LogP contribution < -0.4 is 15.5 Å². The molecule has 154 valence electrons. The van der Waals surface area contributed by atoms with E-state index in [1.54, 1.807) is 7.11 Å². The van der Waals surface area contributed by atoms with Crippen molar-refractivity contribution in [2.75, 3.05) is 64.6 Å². The predicted octanol–water partition coefficient (Wildman–Crippen LogP) is 2.11. The van der Waals surface area contributed by atoms with Crippen molar-refractivity contribution in [1.29, 1.82) is 0 Å². The summed E-state index contributed by atoms with van der Waals surface area (Å²) in [5.41, 5.74) is 1.90. The van der Waals surface area contributed by atoms with E-state index in [2.05, 4.69) is 15.5 Å². The minimum Gasteiger partial charge on any atom is -0.384 e. The molecule has 0 bridgehead atoms. The first kappa shape index (κ1) is 24.0.